The van der Waals surface area contributed by atoms with E-state index in [1.807, 2.05) is 30.3 Å². The molecule has 2 rings (SSSR count). The standard InChI is InChI=1S/C19H29FN2O3/c1-14(20)16(22(24)13-15-9-6-5-7-10-15)19(11-8-12-19)21-17(23)25-18(2,3)4/h5-7,9-10,14,16,24H,8,11-13H2,1-4H3,(H,21,23). The van der Waals surface area contributed by atoms with E-state index in [0.717, 1.165) is 17.0 Å². The number of hydrogen-bond donors (Lipinski definition) is 2. The van der Waals surface area contributed by atoms with E-state index in [2.05, 4.69) is 5.32 Å². The van der Waals surface area contributed by atoms with Gasteiger partial charge in [0, 0.05) is 6.54 Å². The summed E-state index contributed by atoms with van der Waals surface area (Å²) in [6, 6.07) is 8.53. The van der Waals surface area contributed by atoms with Gasteiger partial charge in [-0.1, -0.05) is 30.3 Å². The second-order valence-corrected chi connectivity index (χ2v) is 7.84. The average Bonchev–Trinajstić information content (AvgIpc) is 2.43. The highest BCUT2D eigenvalue weighted by Crippen LogP contribution is 2.39. The number of benzene rings is 1. The van der Waals surface area contributed by atoms with Crippen LogP contribution in [0.5, 0.6) is 0 Å². The summed E-state index contributed by atoms with van der Waals surface area (Å²) in [6.07, 6.45) is 0.196. The van der Waals surface area contributed by atoms with E-state index >= 15 is 0 Å². The fourth-order valence-electron chi connectivity index (χ4n) is 3.39. The van der Waals surface area contributed by atoms with Crippen molar-refractivity contribution in [1.82, 2.24) is 10.4 Å². The lowest BCUT2D eigenvalue weighted by atomic mass is 9.70. The first-order valence-electron chi connectivity index (χ1n) is 8.78. The highest BCUT2D eigenvalue weighted by Gasteiger charge is 2.51. The molecule has 0 radical (unpaired) electrons. The third kappa shape index (κ3) is 5.16. The van der Waals surface area contributed by atoms with Crippen LogP contribution in [-0.4, -0.2) is 39.7 Å². The Hall–Kier alpha value is -1.66. The molecule has 1 saturated carbocycles. The molecule has 5 nitrogen and oxygen atoms in total. The van der Waals surface area contributed by atoms with Crippen molar-refractivity contribution < 1.29 is 19.1 Å². The van der Waals surface area contributed by atoms with Gasteiger partial charge in [0.25, 0.3) is 0 Å². The molecule has 1 aliphatic rings. The summed E-state index contributed by atoms with van der Waals surface area (Å²) < 4.78 is 19.8. The van der Waals surface area contributed by atoms with Gasteiger partial charge in [-0.3, -0.25) is 0 Å². The van der Waals surface area contributed by atoms with Gasteiger partial charge in [0.05, 0.1) is 11.6 Å². The number of amides is 1. The lowest BCUT2D eigenvalue weighted by Gasteiger charge is -2.50. The van der Waals surface area contributed by atoms with Crippen LogP contribution in [0.4, 0.5) is 9.18 Å². The van der Waals surface area contributed by atoms with Crippen LogP contribution >= 0.6 is 0 Å². The SMILES string of the molecule is CC(F)C(N(O)Cc1ccccc1)C1(NC(=O)OC(C)(C)C)CCC1. The topological polar surface area (TPSA) is 61.8 Å². The molecule has 6 heteroatoms. The van der Waals surface area contributed by atoms with E-state index in [9.17, 15) is 14.4 Å². The molecule has 1 aromatic carbocycles. The zero-order valence-corrected chi connectivity index (χ0v) is 15.5. The number of carbonyl (C=O) groups excluding carboxylic acids is 1. The number of hydroxylamine groups is 2. The molecular formula is C19H29FN2O3. The minimum absolute atomic E-state index is 0.192. The Labute approximate surface area is 149 Å². The number of rotatable bonds is 6. The summed E-state index contributed by atoms with van der Waals surface area (Å²) >= 11 is 0. The largest absolute Gasteiger partial charge is 0.444 e. The van der Waals surface area contributed by atoms with Crippen molar-refractivity contribution in [2.75, 3.05) is 0 Å². The number of ether oxygens (including phenoxy) is 1. The average molecular weight is 352 g/mol. The van der Waals surface area contributed by atoms with Crippen molar-refractivity contribution in [2.24, 2.45) is 0 Å². The number of carbonyl (C=O) groups is 1. The van der Waals surface area contributed by atoms with Gasteiger partial charge >= 0.3 is 6.09 Å². The van der Waals surface area contributed by atoms with E-state index in [0.29, 0.717) is 12.8 Å². The third-order valence-corrected chi connectivity index (χ3v) is 4.51. The lowest BCUT2D eigenvalue weighted by molar-refractivity contribution is -0.184. The van der Waals surface area contributed by atoms with E-state index < -0.39 is 29.4 Å². The van der Waals surface area contributed by atoms with E-state index in [-0.39, 0.29) is 6.54 Å². The molecule has 1 amide bonds. The number of hydrogen-bond acceptors (Lipinski definition) is 4. The number of halogens is 1. The molecule has 0 spiro atoms. The fourth-order valence-corrected chi connectivity index (χ4v) is 3.39. The van der Waals surface area contributed by atoms with Crippen molar-refractivity contribution in [1.29, 1.82) is 0 Å². The first-order valence-corrected chi connectivity index (χ1v) is 8.78. The molecule has 2 unspecified atom stereocenters. The van der Waals surface area contributed by atoms with Crippen molar-refractivity contribution in [3.05, 3.63) is 35.9 Å². The van der Waals surface area contributed by atoms with Crippen LogP contribution in [0.2, 0.25) is 0 Å². The highest BCUT2D eigenvalue weighted by atomic mass is 19.1. The predicted molar refractivity (Wildman–Crippen MR) is 94.1 cm³/mol. The van der Waals surface area contributed by atoms with E-state index in [1.165, 1.54) is 6.92 Å². The lowest BCUT2D eigenvalue weighted by Crippen LogP contribution is -2.68. The molecule has 2 atom stereocenters. The van der Waals surface area contributed by atoms with Gasteiger partial charge in [-0.2, -0.15) is 5.06 Å². The maximum absolute atomic E-state index is 14.4. The Morgan fingerprint density at radius 1 is 1.36 bits per heavy atom. The first kappa shape index (κ1) is 19.7. The van der Waals surface area contributed by atoms with Crippen LogP contribution < -0.4 is 5.32 Å². The minimum atomic E-state index is -1.32. The van der Waals surface area contributed by atoms with Crippen LogP contribution in [-0.2, 0) is 11.3 Å². The predicted octanol–water partition coefficient (Wildman–Crippen LogP) is 4.05. The second kappa shape index (κ2) is 7.70. The fraction of sp³-hybridized carbons (Fsp3) is 0.632. The molecule has 1 aliphatic carbocycles. The van der Waals surface area contributed by atoms with Gasteiger partial charge in [0.2, 0.25) is 0 Å². The molecule has 0 aliphatic heterocycles. The molecule has 25 heavy (non-hydrogen) atoms. The zero-order valence-electron chi connectivity index (χ0n) is 15.5. The highest BCUT2D eigenvalue weighted by molar-refractivity contribution is 5.69. The molecule has 2 N–H and O–H groups in total. The number of nitrogens with one attached hydrogen (secondary N) is 1. The van der Waals surface area contributed by atoms with Gasteiger partial charge in [-0.25, -0.2) is 9.18 Å². The van der Waals surface area contributed by atoms with Gasteiger partial charge in [-0.15, -0.1) is 0 Å². The molecule has 140 valence electrons. The van der Waals surface area contributed by atoms with Crippen molar-refractivity contribution in [3.8, 4) is 0 Å². The van der Waals surface area contributed by atoms with E-state index in [4.69, 9.17) is 4.74 Å². The number of alkyl carbamates (subject to hydrolysis) is 1. The van der Waals surface area contributed by atoms with E-state index in [1.54, 1.807) is 20.8 Å². The Morgan fingerprint density at radius 3 is 2.40 bits per heavy atom. The summed E-state index contributed by atoms with van der Waals surface area (Å²) in [6.45, 7) is 6.95. The summed E-state index contributed by atoms with van der Waals surface area (Å²) in [4.78, 5) is 12.2. The van der Waals surface area contributed by atoms with Crippen LogP contribution in [0.1, 0.15) is 52.5 Å². The molecule has 0 saturated heterocycles. The van der Waals surface area contributed by atoms with Crippen molar-refractivity contribution in [3.63, 3.8) is 0 Å². The van der Waals surface area contributed by atoms with Crippen LogP contribution in [0.15, 0.2) is 30.3 Å². The Morgan fingerprint density at radius 2 is 1.96 bits per heavy atom. The van der Waals surface area contributed by atoms with Crippen molar-refractivity contribution >= 4 is 6.09 Å². The van der Waals surface area contributed by atoms with Gasteiger partial charge in [-0.05, 0) is 52.5 Å². The Kier molecular flexibility index (Phi) is 6.06. The maximum Gasteiger partial charge on any atom is 0.408 e. The normalized spacial score (nSPS) is 19.0. The quantitative estimate of drug-likeness (QED) is 0.758. The minimum Gasteiger partial charge on any atom is -0.444 e. The molecule has 1 fully saturated rings. The van der Waals surface area contributed by atoms with Crippen LogP contribution in [0.3, 0.4) is 0 Å². The molecule has 1 aromatic rings. The molecular weight excluding hydrogens is 323 g/mol. The monoisotopic (exact) mass is 352 g/mol. The summed E-state index contributed by atoms with van der Waals surface area (Å²) in [5.41, 5.74) is -0.572. The summed E-state index contributed by atoms with van der Waals surface area (Å²) in [5.74, 6) is 0. The Balaban J connectivity index is 2.14. The number of nitrogens with zero attached hydrogens (tertiary/aromatic N) is 1. The molecule has 0 aromatic heterocycles. The van der Waals surface area contributed by atoms with Gasteiger partial charge in [0.1, 0.15) is 11.8 Å². The number of alkyl halides is 1. The molecule has 0 bridgehead atoms. The smallest absolute Gasteiger partial charge is 0.408 e. The first-order chi connectivity index (χ1) is 11.6. The summed E-state index contributed by atoms with van der Waals surface area (Å²) in [5, 5.41) is 14.4. The Bertz CT molecular complexity index is 568. The molecule has 0 heterocycles. The zero-order chi connectivity index (χ0) is 18.7. The second-order valence-electron chi connectivity index (χ2n) is 7.84. The maximum atomic E-state index is 14.4. The summed E-state index contributed by atoms with van der Waals surface area (Å²) in [7, 11) is 0. The third-order valence-electron chi connectivity index (χ3n) is 4.51. The van der Waals surface area contributed by atoms with Gasteiger partial charge < -0.3 is 15.3 Å². The van der Waals surface area contributed by atoms with Crippen molar-refractivity contribution in [2.45, 2.75) is 76.9 Å². The van der Waals surface area contributed by atoms with Crippen LogP contribution in [0, 0.1) is 0 Å². The van der Waals surface area contributed by atoms with Gasteiger partial charge in [0.15, 0.2) is 0 Å². The van der Waals surface area contributed by atoms with Crippen LogP contribution in [0.25, 0.3) is 0 Å².